The molecule has 1 aliphatic heterocycles. The first-order valence-electron chi connectivity index (χ1n) is 5.43. The second kappa shape index (κ2) is 4.33. The summed E-state index contributed by atoms with van der Waals surface area (Å²) in [5.74, 6) is 0.874. The van der Waals surface area contributed by atoms with Gasteiger partial charge in [-0.05, 0) is 20.8 Å². The van der Waals surface area contributed by atoms with Crippen molar-refractivity contribution < 1.29 is 9.26 Å². The van der Waals surface area contributed by atoms with E-state index in [1.165, 1.54) is 0 Å². The van der Waals surface area contributed by atoms with Gasteiger partial charge in [0.05, 0.1) is 17.9 Å². The van der Waals surface area contributed by atoms with Crippen molar-refractivity contribution in [1.29, 1.82) is 0 Å². The number of aromatic nitrogens is 1. The van der Waals surface area contributed by atoms with E-state index in [9.17, 15) is 0 Å². The maximum Gasteiger partial charge on any atom is 0.133 e. The lowest BCUT2D eigenvalue weighted by Gasteiger charge is -2.34. The fourth-order valence-electron chi connectivity index (χ4n) is 2.14. The van der Waals surface area contributed by atoms with Gasteiger partial charge in [-0.1, -0.05) is 5.16 Å². The van der Waals surface area contributed by atoms with Crippen LogP contribution in [-0.4, -0.2) is 35.4 Å². The molecule has 4 heteroatoms. The quantitative estimate of drug-likeness (QED) is 0.743. The van der Waals surface area contributed by atoms with Crippen molar-refractivity contribution >= 4 is 0 Å². The Morgan fingerprint density at radius 1 is 1.40 bits per heavy atom. The molecule has 2 heterocycles. The molecule has 0 amide bonds. The minimum atomic E-state index is 0.307. The van der Waals surface area contributed by atoms with Gasteiger partial charge in [0.15, 0.2) is 0 Å². The molecule has 1 fully saturated rings. The number of hydrogen-bond acceptors (Lipinski definition) is 4. The van der Waals surface area contributed by atoms with Gasteiger partial charge in [-0.3, -0.25) is 4.90 Å². The first-order valence-corrected chi connectivity index (χ1v) is 5.43. The molecule has 0 saturated carbocycles. The predicted molar refractivity (Wildman–Crippen MR) is 56.5 cm³/mol. The molecule has 4 nitrogen and oxygen atoms in total. The van der Waals surface area contributed by atoms with Gasteiger partial charge in [-0.2, -0.15) is 0 Å². The second-order valence-corrected chi connectivity index (χ2v) is 4.38. The summed E-state index contributed by atoms with van der Waals surface area (Å²) in [6.07, 6.45) is 0.614. The number of rotatable bonds is 2. The molecule has 0 spiro atoms. The van der Waals surface area contributed by atoms with Crippen molar-refractivity contribution in [2.75, 3.05) is 13.1 Å². The van der Waals surface area contributed by atoms with Crippen LogP contribution in [0.4, 0.5) is 0 Å². The van der Waals surface area contributed by atoms with Crippen molar-refractivity contribution in [2.24, 2.45) is 0 Å². The number of aryl methyl sites for hydroxylation is 1. The fraction of sp³-hybridized carbons (Fsp3) is 0.727. The highest BCUT2D eigenvalue weighted by Crippen LogP contribution is 2.13. The zero-order valence-corrected chi connectivity index (χ0v) is 9.56. The SMILES string of the molecule is Cc1cc(CN2CC(C)OC(C)C2)no1. The average molecular weight is 210 g/mol. The maximum absolute atomic E-state index is 5.67. The maximum atomic E-state index is 5.67. The van der Waals surface area contributed by atoms with Crippen LogP contribution in [0.3, 0.4) is 0 Å². The van der Waals surface area contributed by atoms with E-state index in [0.29, 0.717) is 12.2 Å². The van der Waals surface area contributed by atoms with Crippen LogP contribution in [-0.2, 0) is 11.3 Å². The topological polar surface area (TPSA) is 38.5 Å². The standard InChI is InChI=1S/C11H18N2O2/c1-8-4-11(12-15-8)7-13-5-9(2)14-10(3)6-13/h4,9-10H,5-7H2,1-3H3. The third kappa shape index (κ3) is 2.79. The third-order valence-corrected chi connectivity index (χ3v) is 2.56. The summed E-state index contributed by atoms with van der Waals surface area (Å²) in [7, 11) is 0. The molecular weight excluding hydrogens is 192 g/mol. The molecule has 1 aromatic rings. The van der Waals surface area contributed by atoms with Crippen LogP contribution >= 0.6 is 0 Å². The Morgan fingerprint density at radius 2 is 2.07 bits per heavy atom. The molecular formula is C11H18N2O2. The third-order valence-electron chi connectivity index (χ3n) is 2.56. The smallest absolute Gasteiger partial charge is 0.133 e. The predicted octanol–water partition coefficient (Wildman–Crippen LogP) is 1.59. The van der Waals surface area contributed by atoms with Crippen LogP contribution in [0.2, 0.25) is 0 Å². The lowest BCUT2D eigenvalue weighted by Crippen LogP contribution is -2.44. The van der Waals surface area contributed by atoms with E-state index < -0.39 is 0 Å². The number of hydrogen-bond donors (Lipinski definition) is 0. The Kier molecular flexibility index (Phi) is 3.07. The summed E-state index contributed by atoms with van der Waals surface area (Å²) in [4.78, 5) is 2.36. The Bertz CT molecular complexity index is 314. The molecule has 1 aromatic heterocycles. The minimum Gasteiger partial charge on any atom is -0.373 e. The highest BCUT2D eigenvalue weighted by Gasteiger charge is 2.22. The summed E-state index contributed by atoms with van der Waals surface area (Å²) in [5.41, 5.74) is 1.01. The Morgan fingerprint density at radius 3 is 2.60 bits per heavy atom. The lowest BCUT2D eigenvalue weighted by molar-refractivity contribution is -0.0709. The summed E-state index contributed by atoms with van der Waals surface area (Å²) >= 11 is 0. The van der Waals surface area contributed by atoms with Crippen molar-refractivity contribution in [1.82, 2.24) is 10.1 Å². The van der Waals surface area contributed by atoms with Crippen LogP contribution in [0.1, 0.15) is 25.3 Å². The van der Waals surface area contributed by atoms with E-state index in [-0.39, 0.29) is 0 Å². The Labute approximate surface area is 90.2 Å². The van der Waals surface area contributed by atoms with E-state index in [2.05, 4.69) is 23.9 Å². The van der Waals surface area contributed by atoms with Crippen molar-refractivity contribution in [2.45, 2.75) is 39.5 Å². The molecule has 2 rings (SSSR count). The molecule has 2 unspecified atom stereocenters. The normalized spacial score (nSPS) is 28.2. The molecule has 84 valence electrons. The van der Waals surface area contributed by atoms with Crippen molar-refractivity contribution in [3.8, 4) is 0 Å². The van der Waals surface area contributed by atoms with Crippen LogP contribution in [0.25, 0.3) is 0 Å². The van der Waals surface area contributed by atoms with Gasteiger partial charge in [0.1, 0.15) is 5.76 Å². The van der Waals surface area contributed by atoms with Gasteiger partial charge in [0.2, 0.25) is 0 Å². The highest BCUT2D eigenvalue weighted by atomic mass is 16.5. The van der Waals surface area contributed by atoms with Crippen LogP contribution < -0.4 is 0 Å². The first kappa shape index (κ1) is 10.6. The van der Waals surface area contributed by atoms with E-state index in [0.717, 1.165) is 31.1 Å². The largest absolute Gasteiger partial charge is 0.373 e. The second-order valence-electron chi connectivity index (χ2n) is 4.38. The number of nitrogens with zero attached hydrogens (tertiary/aromatic N) is 2. The summed E-state index contributed by atoms with van der Waals surface area (Å²) in [5, 5.41) is 4.00. The van der Waals surface area contributed by atoms with Gasteiger partial charge in [0, 0.05) is 25.7 Å². The van der Waals surface area contributed by atoms with Gasteiger partial charge < -0.3 is 9.26 Å². The van der Waals surface area contributed by atoms with Crippen LogP contribution in [0.5, 0.6) is 0 Å². The monoisotopic (exact) mass is 210 g/mol. The molecule has 2 atom stereocenters. The fourth-order valence-corrected chi connectivity index (χ4v) is 2.14. The molecule has 0 aromatic carbocycles. The van der Waals surface area contributed by atoms with Crippen molar-refractivity contribution in [3.05, 3.63) is 17.5 Å². The summed E-state index contributed by atoms with van der Waals surface area (Å²) in [6, 6.07) is 1.99. The van der Waals surface area contributed by atoms with E-state index in [1.807, 2.05) is 13.0 Å². The summed E-state index contributed by atoms with van der Waals surface area (Å²) in [6.45, 7) is 8.93. The van der Waals surface area contributed by atoms with Crippen molar-refractivity contribution in [3.63, 3.8) is 0 Å². The number of morpholine rings is 1. The minimum absolute atomic E-state index is 0.307. The highest BCUT2D eigenvalue weighted by molar-refractivity contribution is 5.03. The molecule has 15 heavy (non-hydrogen) atoms. The van der Waals surface area contributed by atoms with Gasteiger partial charge >= 0.3 is 0 Å². The Balaban J connectivity index is 1.94. The molecule has 1 aliphatic rings. The lowest BCUT2D eigenvalue weighted by atomic mass is 10.2. The van der Waals surface area contributed by atoms with E-state index >= 15 is 0 Å². The zero-order chi connectivity index (χ0) is 10.8. The van der Waals surface area contributed by atoms with E-state index in [4.69, 9.17) is 9.26 Å². The molecule has 0 radical (unpaired) electrons. The van der Waals surface area contributed by atoms with Gasteiger partial charge in [-0.25, -0.2) is 0 Å². The first-order chi connectivity index (χ1) is 7.13. The molecule has 0 bridgehead atoms. The van der Waals surface area contributed by atoms with Gasteiger partial charge in [0.25, 0.3) is 0 Å². The zero-order valence-electron chi connectivity index (χ0n) is 9.56. The molecule has 0 aliphatic carbocycles. The summed E-state index contributed by atoms with van der Waals surface area (Å²) < 4.78 is 10.7. The Hall–Kier alpha value is -0.870. The van der Waals surface area contributed by atoms with Crippen LogP contribution in [0.15, 0.2) is 10.6 Å². The van der Waals surface area contributed by atoms with Gasteiger partial charge in [-0.15, -0.1) is 0 Å². The average Bonchev–Trinajstić information content (AvgIpc) is 2.49. The molecule has 0 N–H and O–H groups in total. The molecule has 1 saturated heterocycles. The van der Waals surface area contributed by atoms with Crippen LogP contribution in [0, 0.1) is 6.92 Å². The van der Waals surface area contributed by atoms with E-state index in [1.54, 1.807) is 0 Å². The number of ether oxygens (including phenoxy) is 1.